The van der Waals surface area contributed by atoms with Crippen molar-refractivity contribution >= 4 is 22.0 Å². The Bertz CT molecular complexity index is 400. The lowest BCUT2D eigenvalue weighted by Gasteiger charge is -2.22. The summed E-state index contributed by atoms with van der Waals surface area (Å²) in [6, 6.07) is -0.198. The minimum absolute atomic E-state index is 0.198. The van der Waals surface area contributed by atoms with Crippen molar-refractivity contribution in [1.82, 2.24) is 15.5 Å². The van der Waals surface area contributed by atoms with E-state index in [2.05, 4.69) is 31.4 Å². The maximum absolute atomic E-state index is 11.6. The summed E-state index contributed by atoms with van der Waals surface area (Å²) < 4.78 is 6.04. The second-order valence-corrected chi connectivity index (χ2v) is 5.83. The average Bonchev–Trinajstić information content (AvgIpc) is 2.60. The SMILES string of the molecule is CC(C)(C)OC(=O)NC(CN)Cc1[nH]ncc1Br. The van der Waals surface area contributed by atoms with Gasteiger partial charge in [0.2, 0.25) is 0 Å². The van der Waals surface area contributed by atoms with Crippen LogP contribution in [0.3, 0.4) is 0 Å². The number of aromatic nitrogens is 2. The maximum atomic E-state index is 11.6. The molecule has 1 unspecified atom stereocenters. The quantitative estimate of drug-likeness (QED) is 0.785. The third kappa shape index (κ3) is 5.05. The van der Waals surface area contributed by atoms with Crippen LogP contribution in [0, 0.1) is 0 Å². The zero-order valence-electron chi connectivity index (χ0n) is 10.8. The highest BCUT2D eigenvalue weighted by Gasteiger charge is 2.19. The molecule has 6 nitrogen and oxygen atoms in total. The molecule has 0 aliphatic rings. The molecular formula is C11H19BrN4O2. The predicted octanol–water partition coefficient (Wildman–Crippen LogP) is 1.57. The Morgan fingerprint density at radius 3 is 2.78 bits per heavy atom. The summed E-state index contributed by atoms with van der Waals surface area (Å²) in [4.78, 5) is 11.6. The third-order valence-corrected chi connectivity index (χ3v) is 2.80. The van der Waals surface area contributed by atoms with Gasteiger partial charge in [0.05, 0.1) is 16.4 Å². The van der Waals surface area contributed by atoms with Crippen LogP contribution in [0.25, 0.3) is 0 Å². The van der Waals surface area contributed by atoms with Crippen LogP contribution in [0.1, 0.15) is 26.5 Å². The molecule has 0 aromatic carbocycles. The van der Waals surface area contributed by atoms with Gasteiger partial charge in [-0.2, -0.15) is 5.10 Å². The molecule has 1 amide bonds. The number of hydrogen-bond acceptors (Lipinski definition) is 4. The molecule has 1 atom stereocenters. The number of halogens is 1. The lowest BCUT2D eigenvalue weighted by Crippen LogP contribution is -2.44. The van der Waals surface area contributed by atoms with Crippen molar-refractivity contribution in [2.24, 2.45) is 5.73 Å². The molecule has 0 fully saturated rings. The Hall–Kier alpha value is -1.08. The Morgan fingerprint density at radius 1 is 1.67 bits per heavy atom. The van der Waals surface area contributed by atoms with Gasteiger partial charge in [0, 0.05) is 19.0 Å². The monoisotopic (exact) mass is 318 g/mol. The second-order valence-electron chi connectivity index (χ2n) is 4.98. The van der Waals surface area contributed by atoms with Crippen LogP contribution in [-0.4, -0.2) is 34.5 Å². The van der Waals surface area contributed by atoms with Crippen LogP contribution >= 0.6 is 15.9 Å². The first-order chi connectivity index (χ1) is 8.31. The van der Waals surface area contributed by atoms with E-state index in [1.165, 1.54) is 0 Å². The summed E-state index contributed by atoms with van der Waals surface area (Å²) in [6.45, 7) is 5.77. The maximum Gasteiger partial charge on any atom is 0.407 e. The number of H-pyrrole nitrogens is 1. The van der Waals surface area contributed by atoms with Gasteiger partial charge in [0.15, 0.2) is 0 Å². The molecule has 1 rings (SSSR count). The molecule has 1 heterocycles. The number of carbonyl (C=O) groups is 1. The van der Waals surface area contributed by atoms with E-state index < -0.39 is 11.7 Å². The fraction of sp³-hybridized carbons (Fsp3) is 0.636. The largest absolute Gasteiger partial charge is 0.444 e. The average molecular weight is 319 g/mol. The molecule has 0 radical (unpaired) electrons. The molecule has 7 heteroatoms. The van der Waals surface area contributed by atoms with E-state index in [1.807, 2.05) is 20.8 Å². The molecule has 0 spiro atoms. The summed E-state index contributed by atoms with van der Waals surface area (Å²) in [7, 11) is 0. The van der Waals surface area contributed by atoms with Crippen LogP contribution in [0.2, 0.25) is 0 Å². The second kappa shape index (κ2) is 6.19. The van der Waals surface area contributed by atoms with E-state index in [0.29, 0.717) is 13.0 Å². The highest BCUT2D eigenvalue weighted by molar-refractivity contribution is 9.10. The van der Waals surface area contributed by atoms with E-state index in [-0.39, 0.29) is 6.04 Å². The summed E-state index contributed by atoms with van der Waals surface area (Å²) in [6.07, 6.45) is 1.76. The van der Waals surface area contributed by atoms with Crippen molar-refractivity contribution in [3.8, 4) is 0 Å². The number of amides is 1. The van der Waals surface area contributed by atoms with Crippen molar-refractivity contribution in [2.75, 3.05) is 6.54 Å². The number of alkyl carbamates (subject to hydrolysis) is 1. The van der Waals surface area contributed by atoms with Gasteiger partial charge in [0.25, 0.3) is 0 Å². The summed E-state index contributed by atoms with van der Waals surface area (Å²) in [5, 5.41) is 9.47. The molecule has 18 heavy (non-hydrogen) atoms. The van der Waals surface area contributed by atoms with E-state index in [0.717, 1.165) is 10.2 Å². The van der Waals surface area contributed by atoms with E-state index in [4.69, 9.17) is 10.5 Å². The zero-order valence-corrected chi connectivity index (χ0v) is 12.4. The van der Waals surface area contributed by atoms with Gasteiger partial charge in [-0.05, 0) is 36.7 Å². The van der Waals surface area contributed by atoms with Crippen LogP contribution in [0.4, 0.5) is 4.79 Å². The molecular weight excluding hydrogens is 300 g/mol. The standard InChI is InChI=1S/C11H19BrN4O2/c1-11(2,3)18-10(17)15-7(5-13)4-9-8(12)6-14-16-9/h6-7H,4-5,13H2,1-3H3,(H,14,16)(H,15,17). The fourth-order valence-corrected chi connectivity index (χ4v) is 1.71. The first kappa shape index (κ1) is 15.0. The Morgan fingerprint density at radius 2 is 2.33 bits per heavy atom. The lowest BCUT2D eigenvalue weighted by molar-refractivity contribution is 0.0505. The van der Waals surface area contributed by atoms with E-state index in [1.54, 1.807) is 6.20 Å². The molecule has 0 saturated heterocycles. The number of carbonyl (C=O) groups excluding carboxylic acids is 1. The van der Waals surface area contributed by atoms with Crippen LogP contribution < -0.4 is 11.1 Å². The number of rotatable bonds is 4. The topological polar surface area (TPSA) is 93.0 Å². The lowest BCUT2D eigenvalue weighted by atomic mass is 10.1. The van der Waals surface area contributed by atoms with E-state index >= 15 is 0 Å². The van der Waals surface area contributed by atoms with E-state index in [9.17, 15) is 4.79 Å². The summed E-state index contributed by atoms with van der Waals surface area (Å²) in [5.74, 6) is 0. The molecule has 1 aromatic heterocycles. The highest BCUT2D eigenvalue weighted by Crippen LogP contribution is 2.14. The Balaban J connectivity index is 2.52. The highest BCUT2D eigenvalue weighted by atomic mass is 79.9. The van der Waals surface area contributed by atoms with Gasteiger partial charge in [-0.25, -0.2) is 4.79 Å². The zero-order chi connectivity index (χ0) is 13.8. The molecule has 0 aliphatic carbocycles. The molecule has 0 bridgehead atoms. The third-order valence-electron chi connectivity index (χ3n) is 2.12. The van der Waals surface area contributed by atoms with Gasteiger partial charge in [-0.15, -0.1) is 0 Å². The minimum Gasteiger partial charge on any atom is -0.444 e. The summed E-state index contributed by atoms with van der Waals surface area (Å²) in [5.41, 5.74) is 6.01. The van der Waals surface area contributed by atoms with Crippen molar-refractivity contribution in [3.05, 3.63) is 16.4 Å². The number of nitrogens with zero attached hydrogens (tertiary/aromatic N) is 1. The smallest absolute Gasteiger partial charge is 0.407 e. The first-order valence-electron chi connectivity index (χ1n) is 5.69. The van der Waals surface area contributed by atoms with Crippen LogP contribution in [0.15, 0.2) is 10.7 Å². The number of nitrogens with two attached hydrogens (primary N) is 1. The molecule has 1 aromatic rings. The number of ether oxygens (including phenoxy) is 1. The molecule has 4 N–H and O–H groups in total. The van der Waals surface area contributed by atoms with Crippen molar-refractivity contribution < 1.29 is 9.53 Å². The normalized spacial score (nSPS) is 13.2. The number of aromatic amines is 1. The van der Waals surface area contributed by atoms with Gasteiger partial charge in [-0.3, -0.25) is 5.10 Å². The molecule has 0 saturated carbocycles. The van der Waals surface area contributed by atoms with Gasteiger partial charge in [0.1, 0.15) is 5.60 Å². The number of hydrogen-bond donors (Lipinski definition) is 3. The molecule has 102 valence electrons. The van der Waals surface area contributed by atoms with Gasteiger partial charge in [-0.1, -0.05) is 0 Å². The minimum atomic E-state index is -0.516. The number of nitrogens with one attached hydrogen (secondary N) is 2. The summed E-state index contributed by atoms with van der Waals surface area (Å²) >= 11 is 3.36. The van der Waals surface area contributed by atoms with Crippen LogP contribution in [0.5, 0.6) is 0 Å². The van der Waals surface area contributed by atoms with Crippen molar-refractivity contribution in [3.63, 3.8) is 0 Å². The first-order valence-corrected chi connectivity index (χ1v) is 6.48. The predicted molar refractivity (Wildman–Crippen MR) is 72.2 cm³/mol. The fourth-order valence-electron chi connectivity index (χ4n) is 1.36. The Kier molecular flexibility index (Phi) is 5.15. The van der Waals surface area contributed by atoms with Crippen LogP contribution in [-0.2, 0) is 11.2 Å². The molecule has 0 aliphatic heterocycles. The van der Waals surface area contributed by atoms with Crippen molar-refractivity contribution in [2.45, 2.75) is 38.8 Å². The van der Waals surface area contributed by atoms with Crippen molar-refractivity contribution in [1.29, 1.82) is 0 Å². The Labute approximate surface area is 115 Å². The van der Waals surface area contributed by atoms with Gasteiger partial charge >= 0.3 is 6.09 Å². The van der Waals surface area contributed by atoms with Gasteiger partial charge < -0.3 is 15.8 Å².